The van der Waals surface area contributed by atoms with E-state index in [9.17, 15) is 4.39 Å². The number of rotatable bonds is 2. The van der Waals surface area contributed by atoms with Crippen molar-refractivity contribution in [2.75, 3.05) is 0 Å². The van der Waals surface area contributed by atoms with Gasteiger partial charge in [-0.05, 0) is 48.3 Å². The van der Waals surface area contributed by atoms with Crippen LogP contribution >= 0.6 is 0 Å². The molecule has 2 rings (SSSR count). The number of hydrogen-bond acceptors (Lipinski definition) is 0. The van der Waals surface area contributed by atoms with Crippen LogP contribution < -0.4 is 0 Å². The highest BCUT2D eigenvalue weighted by molar-refractivity contribution is 5.35. The molecule has 0 aliphatic heterocycles. The first-order chi connectivity index (χ1) is 6.60. The van der Waals surface area contributed by atoms with E-state index in [4.69, 9.17) is 0 Å². The van der Waals surface area contributed by atoms with E-state index in [2.05, 4.69) is 19.9 Å². The van der Waals surface area contributed by atoms with Gasteiger partial charge in [-0.25, -0.2) is 4.39 Å². The third kappa shape index (κ3) is 1.26. The molecule has 1 aliphatic rings. The van der Waals surface area contributed by atoms with Gasteiger partial charge in [-0.3, -0.25) is 0 Å². The summed E-state index contributed by atoms with van der Waals surface area (Å²) < 4.78 is 13.4. The Hall–Kier alpha value is -0.850. The van der Waals surface area contributed by atoms with Crippen LogP contribution in [0.25, 0.3) is 0 Å². The lowest BCUT2D eigenvalue weighted by atomic mass is 9.90. The molecule has 0 amide bonds. The summed E-state index contributed by atoms with van der Waals surface area (Å²) in [5.74, 6) is 0.657. The van der Waals surface area contributed by atoms with E-state index in [0.717, 1.165) is 17.9 Å². The van der Waals surface area contributed by atoms with Crippen LogP contribution in [0, 0.1) is 18.7 Å². The Labute approximate surface area is 85.1 Å². The van der Waals surface area contributed by atoms with Crippen LogP contribution in [-0.4, -0.2) is 0 Å². The fraction of sp³-hybridized carbons (Fsp3) is 0.538. The fourth-order valence-corrected chi connectivity index (χ4v) is 2.49. The summed E-state index contributed by atoms with van der Waals surface area (Å²) in [6.07, 6.45) is 2.34. The molecule has 0 spiro atoms. The topological polar surface area (TPSA) is 0 Å². The summed E-state index contributed by atoms with van der Waals surface area (Å²) >= 11 is 0. The Balaban J connectivity index is 2.38. The van der Waals surface area contributed by atoms with Crippen LogP contribution in [-0.2, 0) is 5.41 Å². The van der Waals surface area contributed by atoms with E-state index in [-0.39, 0.29) is 11.2 Å². The Morgan fingerprint density at radius 1 is 1.50 bits per heavy atom. The molecule has 2 atom stereocenters. The van der Waals surface area contributed by atoms with Crippen molar-refractivity contribution in [3.8, 4) is 0 Å². The van der Waals surface area contributed by atoms with Crippen LogP contribution in [0.15, 0.2) is 18.2 Å². The average molecular weight is 192 g/mol. The molecule has 0 saturated heterocycles. The molecule has 0 heterocycles. The summed E-state index contributed by atoms with van der Waals surface area (Å²) in [5.41, 5.74) is 2.22. The van der Waals surface area contributed by atoms with Crippen molar-refractivity contribution in [2.45, 2.75) is 39.0 Å². The van der Waals surface area contributed by atoms with E-state index in [0.29, 0.717) is 0 Å². The van der Waals surface area contributed by atoms with Crippen LogP contribution in [0.5, 0.6) is 0 Å². The van der Waals surface area contributed by atoms with Gasteiger partial charge in [0.25, 0.3) is 0 Å². The van der Waals surface area contributed by atoms with Gasteiger partial charge in [0.1, 0.15) is 5.82 Å². The summed E-state index contributed by atoms with van der Waals surface area (Å²) in [7, 11) is 0. The standard InChI is InChI=1S/C13H17F/c1-4-13(8-10(13)3)11-6-5-9(2)12(14)7-11/h5-7,10H,4,8H2,1-3H3. The second kappa shape index (κ2) is 3.08. The van der Waals surface area contributed by atoms with Crippen molar-refractivity contribution in [3.63, 3.8) is 0 Å². The summed E-state index contributed by atoms with van der Waals surface area (Å²) in [4.78, 5) is 0. The molecule has 1 aliphatic carbocycles. The van der Waals surface area contributed by atoms with E-state index in [1.165, 1.54) is 12.0 Å². The van der Waals surface area contributed by atoms with Gasteiger partial charge >= 0.3 is 0 Å². The van der Waals surface area contributed by atoms with Crippen LogP contribution in [0.3, 0.4) is 0 Å². The first-order valence-electron chi connectivity index (χ1n) is 5.37. The lowest BCUT2D eigenvalue weighted by molar-refractivity contribution is 0.582. The predicted molar refractivity (Wildman–Crippen MR) is 56.9 cm³/mol. The smallest absolute Gasteiger partial charge is 0.126 e. The molecule has 0 bridgehead atoms. The highest BCUT2D eigenvalue weighted by Gasteiger charge is 2.50. The van der Waals surface area contributed by atoms with Crippen molar-refractivity contribution in [3.05, 3.63) is 35.1 Å². The molecule has 1 fully saturated rings. The molecule has 1 saturated carbocycles. The SMILES string of the molecule is CCC1(c2ccc(C)c(F)c2)CC1C. The van der Waals surface area contributed by atoms with E-state index in [1.807, 2.05) is 13.0 Å². The van der Waals surface area contributed by atoms with Crippen molar-refractivity contribution < 1.29 is 4.39 Å². The maximum Gasteiger partial charge on any atom is 0.126 e. The highest BCUT2D eigenvalue weighted by atomic mass is 19.1. The minimum atomic E-state index is -0.0607. The first-order valence-corrected chi connectivity index (χ1v) is 5.37. The van der Waals surface area contributed by atoms with E-state index >= 15 is 0 Å². The lowest BCUT2D eigenvalue weighted by Crippen LogP contribution is -2.08. The average Bonchev–Trinajstić information content (AvgIpc) is 2.83. The summed E-state index contributed by atoms with van der Waals surface area (Å²) in [6, 6.07) is 5.71. The maximum atomic E-state index is 13.4. The van der Waals surface area contributed by atoms with Crippen molar-refractivity contribution in [2.24, 2.45) is 5.92 Å². The zero-order chi connectivity index (χ0) is 10.3. The minimum Gasteiger partial charge on any atom is -0.207 e. The molecule has 1 aromatic carbocycles. The van der Waals surface area contributed by atoms with Crippen molar-refractivity contribution in [1.29, 1.82) is 0 Å². The molecule has 2 unspecified atom stereocenters. The Morgan fingerprint density at radius 2 is 2.14 bits per heavy atom. The highest BCUT2D eigenvalue weighted by Crippen LogP contribution is 2.56. The Morgan fingerprint density at radius 3 is 2.57 bits per heavy atom. The molecule has 0 N–H and O–H groups in total. The van der Waals surface area contributed by atoms with Gasteiger partial charge in [0.2, 0.25) is 0 Å². The lowest BCUT2D eigenvalue weighted by Gasteiger charge is -2.15. The summed E-state index contributed by atoms with van der Waals surface area (Å²) in [6.45, 7) is 6.26. The van der Waals surface area contributed by atoms with Crippen molar-refractivity contribution >= 4 is 0 Å². The molecule has 14 heavy (non-hydrogen) atoms. The Bertz CT molecular complexity index is 352. The number of halogens is 1. The monoisotopic (exact) mass is 192 g/mol. The second-order valence-electron chi connectivity index (χ2n) is 4.58. The van der Waals surface area contributed by atoms with Gasteiger partial charge < -0.3 is 0 Å². The van der Waals surface area contributed by atoms with Crippen LogP contribution in [0.1, 0.15) is 37.8 Å². The van der Waals surface area contributed by atoms with Gasteiger partial charge in [-0.1, -0.05) is 26.0 Å². The molecular formula is C13H17F. The van der Waals surface area contributed by atoms with E-state index < -0.39 is 0 Å². The number of hydrogen-bond donors (Lipinski definition) is 0. The van der Waals surface area contributed by atoms with Gasteiger partial charge in [-0.15, -0.1) is 0 Å². The molecule has 0 nitrogen and oxygen atoms in total. The van der Waals surface area contributed by atoms with Crippen LogP contribution in [0.4, 0.5) is 4.39 Å². The van der Waals surface area contributed by atoms with Gasteiger partial charge in [0.15, 0.2) is 0 Å². The second-order valence-corrected chi connectivity index (χ2v) is 4.58. The quantitative estimate of drug-likeness (QED) is 0.668. The molecule has 1 aromatic rings. The summed E-state index contributed by atoms with van der Waals surface area (Å²) in [5, 5.41) is 0. The molecule has 0 aromatic heterocycles. The zero-order valence-corrected chi connectivity index (χ0v) is 9.10. The van der Waals surface area contributed by atoms with Gasteiger partial charge in [-0.2, -0.15) is 0 Å². The van der Waals surface area contributed by atoms with Crippen LogP contribution in [0.2, 0.25) is 0 Å². The maximum absolute atomic E-state index is 13.4. The minimum absolute atomic E-state index is 0.0607. The number of aryl methyl sites for hydroxylation is 1. The van der Waals surface area contributed by atoms with E-state index in [1.54, 1.807) is 6.07 Å². The third-order valence-corrected chi connectivity index (χ3v) is 3.83. The third-order valence-electron chi connectivity index (χ3n) is 3.83. The molecular weight excluding hydrogens is 175 g/mol. The molecule has 1 heteroatoms. The van der Waals surface area contributed by atoms with Gasteiger partial charge in [0, 0.05) is 0 Å². The molecule has 0 radical (unpaired) electrons. The number of benzene rings is 1. The first kappa shape index (κ1) is 9.70. The normalized spacial score (nSPS) is 30.4. The molecule has 76 valence electrons. The Kier molecular flexibility index (Phi) is 2.13. The largest absolute Gasteiger partial charge is 0.207 e. The van der Waals surface area contributed by atoms with Gasteiger partial charge in [0.05, 0.1) is 0 Å². The zero-order valence-electron chi connectivity index (χ0n) is 9.10. The predicted octanol–water partition coefficient (Wildman–Crippen LogP) is 3.82. The fourth-order valence-electron chi connectivity index (χ4n) is 2.49. The van der Waals surface area contributed by atoms with Crippen molar-refractivity contribution in [1.82, 2.24) is 0 Å².